The van der Waals surface area contributed by atoms with Crippen molar-refractivity contribution in [1.82, 2.24) is 4.57 Å². The highest BCUT2D eigenvalue weighted by atomic mass is 15.1. The van der Waals surface area contributed by atoms with E-state index in [1.807, 2.05) is 0 Å². The van der Waals surface area contributed by atoms with E-state index in [4.69, 9.17) is 0 Å². The average Bonchev–Trinajstić information content (AvgIpc) is 3.53. The normalized spacial score (nSPS) is 11.4. The summed E-state index contributed by atoms with van der Waals surface area (Å²) < 4.78 is 2.43. The largest absolute Gasteiger partial charge is 0.345 e. The Kier molecular flexibility index (Phi) is 7.06. The van der Waals surface area contributed by atoms with Crippen molar-refractivity contribution in [3.8, 4) is 39.1 Å². The van der Waals surface area contributed by atoms with Crippen LogP contribution >= 0.6 is 0 Å². The summed E-state index contributed by atoms with van der Waals surface area (Å²) in [6, 6.07) is 68.0. The summed E-state index contributed by atoms with van der Waals surface area (Å²) in [5.74, 6) is 0. The van der Waals surface area contributed by atoms with Crippen LogP contribution in [-0.2, 0) is 0 Å². The molecule has 0 unspecified atom stereocenters. The molecule has 1 heterocycles. The number of hydrogen-bond donors (Lipinski definition) is 0. The van der Waals surface area contributed by atoms with Gasteiger partial charge in [-0.05, 0) is 98.8 Å². The van der Waals surface area contributed by atoms with Crippen molar-refractivity contribution in [2.24, 2.45) is 0 Å². The number of benzene rings is 8. The van der Waals surface area contributed by atoms with E-state index in [-0.39, 0.29) is 0 Å². The molecule has 8 aromatic carbocycles. The van der Waals surface area contributed by atoms with Crippen LogP contribution in [0.4, 0.5) is 11.4 Å². The first-order valence-electron chi connectivity index (χ1n) is 16.8. The van der Waals surface area contributed by atoms with Crippen LogP contribution in [0.15, 0.2) is 188 Å². The Balaban J connectivity index is 1.12. The Morgan fingerprint density at radius 2 is 0.898 bits per heavy atom. The zero-order valence-corrected chi connectivity index (χ0v) is 27.3. The maximum Gasteiger partial charge on any atom is 0.0547 e. The van der Waals surface area contributed by atoms with Gasteiger partial charge in [-0.25, -0.2) is 0 Å². The zero-order valence-electron chi connectivity index (χ0n) is 27.3. The Labute approximate surface area is 286 Å². The Hall–Kier alpha value is -6.38. The lowest BCUT2D eigenvalue weighted by Crippen LogP contribution is -2.08. The third-order valence-corrected chi connectivity index (χ3v) is 9.82. The topological polar surface area (TPSA) is 8.17 Å². The van der Waals surface area contributed by atoms with Crippen molar-refractivity contribution < 1.29 is 0 Å². The third-order valence-electron chi connectivity index (χ3n) is 9.82. The standard InChI is InChI=1S/C47H34N2/c1-48(40-15-6-3-7-16-40)41-27-23-35(24-28-41)34-19-21-36(22-20-34)39-26-29-45-44(32-39)47-43-18-9-8-13-37(43)25-30-46(47)49(45)42-17-10-14-38(31-42)33-11-4-2-5-12-33/h2-32H,1H3. The molecule has 0 saturated carbocycles. The molecular weight excluding hydrogens is 593 g/mol. The fourth-order valence-electron chi connectivity index (χ4n) is 7.24. The number of anilines is 2. The molecule has 0 atom stereocenters. The van der Waals surface area contributed by atoms with E-state index < -0.39 is 0 Å². The molecule has 232 valence electrons. The lowest BCUT2D eigenvalue weighted by Gasteiger charge is -2.19. The minimum absolute atomic E-state index is 1.16. The second-order valence-corrected chi connectivity index (χ2v) is 12.7. The summed E-state index contributed by atoms with van der Waals surface area (Å²) >= 11 is 0. The fraction of sp³-hybridized carbons (Fsp3) is 0.0213. The van der Waals surface area contributed by atoms with Gasteiger partial charge in [-0.3, -0.25) is 0 Å². The highest BCUT2D eigenvalue weighted by Gasteiger charge is 2.16. The molecule has 0 fully saturated rings. The predicted octanol–water partition coefficient (Wildman–Crippen LogP) is 12.7. The molecule has 49 heavy (non-hydrogen) atoms. The maximum absolute atomic E-state index is 2.43. The van der Waals surface area contributed by atoms with Crippen LogP contribution < -0.4 is 4.90 Å². The number of rotatable bonds is 6. The predicted molar refractivity (Wildman–Crippen MR) is 209 cm³/mol. The molecule has 0 radical (unpaired) electrons. The summed E-state index contributed by atoms with van der Waals surface area (Å²) in [5.41, 5.74) is 13.2. The van der Waals surface area contributed by atoms with Gasteiger partial charge in [-0.15, -0.1) is 0 Å². The molecule has 0 N–H and O–H groups in total. The van der Waals surface area contributed by atoms with E-state index in [2.05, 4.69) is 205 Å². The second-order valence-electron chi connectivity index (χ2n) is 12.7. The highest BCUT2D eigenvalue weighted by molar-refractivity contribution is 6.21. The zero-order chi connectivity index (χ0) is 32.7. The van der Waals surface area contributed by atoms with Gasteiger partial charge in [0, 0.05) is 34.9 Å². The monoisotopic (exact) mass is 626 g/mol. The fourth-order valence-corrected chi connectivity index (χ4v) is 7.24. The summed E-state index contributed by atoms with van der Waals surface area (Å²) in [6.45, 7) is 0. The summed E-state index contributed by atoms with van der Waals surface area (Å²) in [4.78, 5) is 2.21. The lowest BCUT2D eigenvalue weighted by atomic mass is 9.98. The van der Waals surface area contributed by atoms with Gasteiger partial charge in [0.25, 0.3) is 0 Å². The first-order chi connectivity index (χ1) is 24.2. The number of nitrogens with zero attached hydrogens (tertiary/aromatic N) is 2. The molecular formula is C47H34N2. The van der Waals surface area contributed by atoms with E-state index in [0.29, 0.717) is 0 Å². The van der Waals surface area contributed by atoms with Gasteiger partial charge in [0.2, 0.25) is 0 Å². The van der Waals surface area contributed by atoms with Crippen molar-refractivity contribution in [1.29, 1.82) is 0 Å². The molecule has 0 amide bonds. The maximum atomic E-state index is 2.43. The third kappa shape index (κ3) is 5.15. The Morgan fingerprint density at radius 1 is 0.367 bits per heavy atom. The van der Waals surface area contributed by atoms with E-state index in [1.54, 1.807) is 0 Å². The van der Waals surface area contributed by atoms with Crippen LogP contribution in [0.25, 0.3) is 71.6 Å². The molecule has 9 aromatic rings. The smallest absolute Gasteiger partial charge is 0.0547 e. The van der Waals surface area contributed by atoms with E-state index in [1.165, 1.54) is 77.3 Å². The van der Waals surface area contributed by atoms with Crippen molar-refractivity contribution in [3.63, 3.8) is 0 Å². The van der Waals surface area contributed by atoms with Gasteiger partial charge in [-0.1, -0.05) is 133 Å². The molecule has 0 aliphatic carbocycles. The van der Waals surface area contributed by atoms with Gasteiger partial charge in [0.1, 0.15) is 0 Å². The molecule has 9 rings (SSSR count). The summed E-state index contributed by atoms with van der Waals surface area (Å²) in [5, 5.41) is 5.08. The highest BCUT2D eigenvalue weighted by Crippen LogP contribution is 2.39. The average molecular weight is 627 g/mol. The van der Waals surface area contributed by atoms with Crippen LogP contribution in [0.1, 0.15) is 0 Å². The molecule has 0 saturated heterocycles. The minimum atomic E-state index is 1.16. The lowest BCUT2D eigenvalue weighted by molar-refractivity contribution is 1.18. The van der Waals surface area contributed by atoms with E-state index in [9.17, 15) is 0 Å². The van der Waals surface area contributed by atoms with Gasteiger partial charge >= 0.3 is 0 Å². The van der Waals surface area contributed by atoms with Crippen LogP contribution in [0, 0.1) is 0 Å². The van der Waals surface area contributed by atoms with Crippen LogP contribution in [0.2, 0.25) is 0 Å². The number of para-hydroxylation sites is 1. The quantitative estimate of drug-likeness (QED) is 0.178. The first kappa shape index (κ1) is 28.8. The van der Waals surface area contributed by atoms with Crippen molar-refractivity contribution >= 4 is 44.0 Å². The van der Waals surface area contributed by atoms with Gasteiger partial charge in [0.05, 0.1) is 11.0 Å². The molecule has 0 bridgehead atoms. The number of aromatic nitrogens is 1. The van der Waals surface area contributed by atoms with Gasteiger partial charge in [0.15, 0.2) is 0 Å². The van der Waals surface area contributed by atoms with Crippen LogP contribution in [-0.4, -0.2) is 11.6 Å². The Bertz CT molecular complexity index is 2580. The SMILES string of the molecule is CN(c1ccccc1)c1ccc(-c2ccc(-c3ccc4c(c3)c3c5ccccc5ccc3n4-c3cccc(-c4ccccc4)c3)cc2)cc1. The molecule has 2 heteroatoms. The molecule has 0 aliphatic rings. The molecule has 2 nitrogen and oxygen atoms in total. The van der Waals surface area contributed by atoms with E-state index in [0.717, 1.165) is 5.69 Å². The first-order valence-corrected chi connectivity index (χ1v) is 16.8. The molecule has 1 aromatic heterocycles. The van der Waals surface area contributed by atoms with Crippen molar-refractivity contribution in [2.75, 3.05) is 11.9 Å². The van der Waals surface area contributed by atoms with Gasteiger partial charge < -0.3 is 9.47 Å². The van der Waals surface area contributed by atoms with Crippen LogP contribution in [0.3, 0.4) is 0 Å². The second kappa shape index (κ2) is 12.0. The van der Waals surface area contributed by atoms with Crippen LogP contribution in [0.5, 0.6) is 0 Å². The number of fused-ring (bicyclic) bond motifs is 5. The number of hydrogen-bond acceptors (Lipinski definition) is 1. The summed E-state index contributed by atoms with van der Waals surface area (Å²) in [6.07, 6.45) is 0. The Morgan fingerprint density at radius 3 is 1.65 bits per heavy atom. The molecule has 0 aliphatic heterocycles. The molecule has 0 spiro atoms. The van der Waals surface area contributed by atoms with Crippen molar-refractivity contribution in [3.05, 3.63) is 188 Å². The minimum Gasteiger partial charge on any atom is -0.345 e. The summed E-state index contributed by atoms with van der Waals surface area (Å²) in [7, 11) is 2.11. The van der Waals surface area contributed by atoms with Gasteiger partial charge in [-0.2, -0.15) is 0 Å². The van der Waals surface area contributed by atoms with E-state index >= 15 is 0 Å². The van der Waals surface area contributed by atoms with Crippen molar-refractivity contribution in [2.45, 2.75) is 0 Å².